The maximum Gasteiger partial charge on any atom is 0.0667 e. The summed E-state index contributed by atoms with van der Waals surface area (Å²) in [5.41, 5.74) is 0. The van der Waals surface area contributed by atoms with Crippen LogP contribution in [-0.2, 0) is 0 Å². The molecule has 0 fully saturated rings. The molecule has 0 radical (unpaired) electrons. The predicted octanol–water partition coefficient (Wildman–Crippen LogP) is 2.03. The van der Waals surface area contributed by atoms with E-state index in [1.54, 1.807) is 0 Å². The Hall–Kier alpha value is -0.0800. The zero-order valence-electron chi connectivity index (χ0n) is 9.51. The molecule has 13 heavy (non-hydrogen) atoms. The van der Waals surface area contributed by atoms with Crippen LogP contribution >= 0.6 is 0 Å². The molecule has 0 amide bonds. The van der Waals surface area contributed by atoms with Crippen LogP contribution in [0.4, 0.5) is 0 Å². The SMILES string of the molecule is CCC(C)CC(O)CNCC(C)C. The van der Waals surface area contributed by atoms with Gasteiger partial charge in [0.2, 0.25) is 0 Å². The third-order valence-corrected chi connectivity index (χ3v) is 2.30. The first-order chi connectivity index (χ1) is 6.06. The highest BCUT2D eigenvalue weighted by molar-refractivity contribution is 4.63. The molecule has 0 aromatic carbocycles. The van der Waals surface area contributed by atoms with Crippen LogP contribution in [0, 0.1) is 11.8 Å². The van der Waals surface area contributed by atoms with E-state index in [-0.39, 0.29) is 6.10 Å². The van der Waals surface area contributed by atoms with Crippen LogP contribution in [0.25, 0.3) is 0 Å². The maximum absolute atomic E-state index is 9.60. The molecule has 80 valence electrons. The van der Waals surface area contributed by atoms with Gasteiger partial charge in [-0.3, -0.25) is 0 Å². The fraction of sp³-hybridized carbons (Fsp3) is 1.00. The lowest BCUT2D eigenvalue weighted by molar-refractivity contribution is 0.141. The Morgan fingerprint density at radius 3 is 2.23 bits per heavy atom. The minimum absolute atomic E-state index is 0.173. The third-order valence-electron chi connectivity index (χ3n) is 2.30. The first-order valence-corrected chi connectivity index (χ1v) is 5.45. The quantitative estimate of drug-likeness (QED) is 0.639. The molecule has 0 aromatic rings. The van der Waals surface area contributed by atoms with Crippen molar-refractivity contribution in [2.75, 3.05) is 13.1 Å². The highest BCUT2D eigenvalue weighted by Crippen LogP contribution is 2.08. The summed E-state index contributed by atoms with van der Waals surface area (Å²) < 4.78 is 0. The standard InChI is InChI=1S/C11H25NO/c1-5-10(4)6-11(13)8-12-7-9(2)3/h9-13H,5-8H2,1-4H3. The van der Waals surface area contributed by atoms with Crippen molar-refractivity contribution in [2.45, 2.75) is 46.6 Å². The van der Waals surface area contributed by atoms with E-state index in [2.05, 4.69) is 33.0 Å². The van der Waals surface area contributed by atoms with Gasteiger partial charge in [-0.1, -0.05) is 34.1 Å². The molecule has 0 aliphatic rings. The van der Waals surface area contributed by atoms with Crippen molar-refractivity contribution < 1.29 is 5.11 Å². The van der Waals surface area contributed by atoms with E-state index in [0.29, 0.717) is 11.8 Å². The average molecular weight is 187 g/mol. The summed E-state index contributed by atoms with van der Waals surface area (Å²) in [6.45, 7) is 10.4. The number of hydrogen-bond acceptors (Lipinski definition) is 2. The zero-order valence-corrected chi connectivity index (χ0v) is 9.51. The molecule has 0 saturated heterocycles. The summed E-state index contributed by atoms with van der Waals surface area (Å²) in [6, 6.07) is 0. The van der Waals surface area contributed by atoms with Gasteiger partial charge in [-0.25, -0.2) is 0 Å². The minimum Gasteiger partial charge on any atom is -0.392 e. The lowest BCUT2D eigenvalue weighted by Gasteiger charge is -2.16. The van der Waals surface area contributed by atoms with E-state index < -0.39 is 0 Å². The molecule has 2 nitrogen and oxygen atoms in total. The lowest BCUT2D eigenvalue weighted by atomic mass is 10.0. The van der Waals surface area contributed by atoms with Crippen LogP contribution in [0.2, 0.25) is 0 Å². The van der Waals surface area contributed by atoms with Gasteiger partial charge < -0.3 is 10.4 Å². The van der Waals surface area contributed by atoms with Crippen molar-refractivity contribution in [3.63, 3.8) is 0 Å². The van der Waals surface area contributed by atoms with E-state index in [1.165, 1.54) is 0 Å². The molecule has 2 atom stereocenters. The molecule has 0 heterocycles. The fourth-order valence-corrected chi connectivity index (χ4v) is 1.25. The van der Waals surface area contributed by atoms with Gasteiger partial charge in [-0.05, 0) is 24.8 Å². The molecule has 0 bridgehead atoms. The predicted molar refractivity (Wildman–Crippen MR) is 57.8 cm³/mol. The Morgan fingerprint density at radius 1 is 1.15 bits per heavy atom. The second-order valence-corrected chi connectivity index (χ2v) is 4.46. The lowest BCUT2D eigenvalue weighted by Crippen LogP contribution is -2.30. The van der Waals surface area contributed by atoms with Gasteiger partial charge in [0.15, 0.2) is 0 Å². The van der Waals surface area contributed by atoms with Crippen LogP contribution in [-0.4, -0.2) is 24.3 Å². The second kappa shape index (κ2) is 7.34. The zero-order chi connectivity index (χ0) is 10.3. The van der Waals surface area contributed by atoms with Gasteiger partial charge >= 0.3 is 0 Å². The summed E-state index contributed by atoms with van der Waals surface area (Å²) >= 11 is 0. The van der Waals surface area contributed by atoms with Gasteiger partial charge in [0.25, 0.3) is 0 Å². The first kappa shape index (κ1) is 12.9. The number of aliphatic hydroxyl groups is 1. The average Bonchev–Trinajstić information content (AvgIpc) is 2.03. The molecular formula is C11H25NO. The van der Waals surface area contributed by atoms with Crippen molar-refractivity contribution in [1.82, 2.24) is 5.32 Å². The van der Waals surface area contributed by atoms with Crippen molar-refractivity contribution >= 4 is 0 Å². The summed E-state index contributed by atoms with van der Waals surface area (Å²) in [7, 11) is 0. The van der Waals surface area contributed by atoms with Crippen LogP contribution in [0.1, 0.15) is 40.5 Å². The Kier molecular flexibility index (Phi) is 7.29. The molecule has 0 saturated carbocycles. The monoisotopic (exact) mass is 187 g/mol. The molecule has 2 heteroatoms. The first-order valence-electron chi connectivity index (χ1n) is 5.45. The van der Waals surface area contributed by atoms with Crippen LogP contribution < -0.4 is 5.32 Å². The Labute approximate surface area is 82.7 Å². The smallest absolute Gasteiger partial charge is 0.0667 e. The van der Waals surface area contributed by atoms with E-state index in [4.69, 9.17) is 0 Å². The van der Waals surface area contributed by atoms with Crippen molar-refractivity contribution in [3.8, 4) is 0 Å². The summed E-state index contributed by atoms with van der Waals surface area (Å²) in [5, 5.41) is 12.9. The Balaban J connectivity index is 3.34. The summed E-state index contributed by atoms with van der Waals surface area (Å²) in [5.74, 6) is 1.30. The number of nitrogens with one attached hydrogen (secondary N) is 1. The van der Waals surface area contributed by atoms with Gasteiger partial charge in [0.05, 0.1) is 6.10 Å². The molecule has 0 aliphatic heterocycles. The van der Waals surface area contributed by atoms with Gasteiger partial charge in [-0.15, -0.1) is 0 Å². The van der Waals surface area contributed by atoms with Crippen LogP contribution in [0.15, 0.2) is 0 Å². The van der Waals surface area contributed by atoms with Gasteiger partial charge in [0, 0.05) is 6.54 Å². The maximum atomic E-state index is 9.60. The molecular weight excluding hydrogens is 162 g/mol. The topological polar surface area (TPSA) is 32.3 Å². The molecule has 0 aliphatic carbocycles. The Morgan fingerprint density at radius 2 is 1.77 bits per heavy atom. The van der Waals surface area contributed by atoms with Crippen molar-refractivity contribution in [1.29, 1.82) is 0 Å². The van der Waals surface area contributed by atoms with E-state index in [9.17, 15) is 5.11 Å². The van der Waals surface area contributed by atoms with E-state index in [1.807, 2.05) is 0 Å². The molecule has 0 spiro atoms. The summed E-state index contributed by atoms with van der Waals surface area (Å²) in [4.78, 5) is 0. The normalized spacial score (nSPS) is 16.2. The molecule has 2 unspecified atom stereocenters. The molecule has 0 aromatic heterocycles. The fourth-order valence-electron chi connectivity index (χ4n) is 1.25. The van der Waals surface area contributed by atoms with Gasteiger partial charge in [0.1, 0.15) is 0 Å². The Bertz CT molecular complexity index is 115. The highest BCUT2D eigenvalue weighted by Gasteiger charge is 2.08. The largest absolute Gasteiger partial charge is 0.392 e. The number of aliphatic hydroxyl groups excluding tert-OH is 1. The van der Waals surface area contributed by atoms with Crippen LogP contribution in [0.3, 0.4) is 0 Å². The molecule has 0 rings (SSSR count). The van der Waals surface area contributed by atoms with Crippen molar-refractivity contribution in [3.05, 3.63) is 0 Å². The molecule has 2 N–H and O–H groups in total. The third kappa shape index (κ3) is 8.26. The van der Waals surface area contributed by atoms with E-state index >= 15 is 0 Å². The number of rotatable bonds is 7. The van der Waals surface area contributed by atoms with Crippen molar-refractivity contribution in [2.24, 2.45) is 11.8 Å². The second-order valence-electron chi connectivity index (χ2n) is 4.46. The highest BCUT2D eigenvalue weighted by atomic mass is 16.3. The van der Waals surface area contributed by atoms with Crippen LogP contribution in [0.5, 0.6) is 0 Å². The number of hydrogen-bond donors (Lipinski definition) is 2. The van der Waals surface area contributed by atoms with Gasteiger partial charge in [-0.2, -0.15) is 0 Å². The summed E-state index contributed by atoms with van der Waals surface area (Å²) in [6.07, 6.45) is 1.90. The minimum atomic E-state index is -0.173. The van der Waals surface area contributed by atoms with E-state index in [0.717, 1.165) is 25.9 Å².